The molecule has 0 aromatic heterocycles. The van der Waals surface area contributed by atoms with E-state index in [1.165, 1.54) is 30.5 Å². The normalized spacial score (nSPS) is 23.2. The van der Waals surface area contributed by atoms with Gasteiger partial charge in [-0.1, -0.05) is 44.4 Å². The Morgan fingerprint density at radius 3 is 2.86 bits per heavy atom. The Labute approximate surface area is 127 Å². The van der Waals surface area contributed by atoms with Crippen molar-refractivity contribution in [1.29, 1.82) is 0 Å². The van der Waals surface area contributed by atoms with Gasteiger partial charge in [0.1, 0.15) is 0 Å². The molecule has 1 aromatic carbocycles. The SMILES string of the molecule is CC1(C(=O)NCCC2CNc3ccccc32)CCCCC1. The van der Waals surface area contributed by atoms with E-state index < -0.39 is 0 Å². The number of carbonyl (C=O) groups excluding carboxylic acids is 1. The number of nitrogens with one attached hydrogen (secondary N) is 2. The second-order valence-corrected chi connectivity index (χ2v) is 6.83. The number of anilines is 1. The second-order valence-electron chi connectivity index (χ2n) is 6.83. The average Bonchev–Trinajstić information content (AvgIpc) is 2.91. The summed E-state index contributed by atoms with van der Waals surface area (Å²) in [5.41, 5.74) is 2.54. The summed E-state index contributed by atoms with van der Waals surface area (Å²) in [7, 11) is 0. The number of fused-ring (bicyclic) bond motifs is 1. The van der Waals surface area contributed by atoms with Crippen LogP contribution in [0, 0.1) is 5.41 Å². The van der Waals surface area contributed by atoms with Gasteiger partial charge in [0.15, 0.2) is 0 Å². The fourth-order valence-corrected chi connectivity index (χ4v) is 3.75. The zero-order valence-corrected chi connectivity index (χ0v) is 13.0. The van der Waals surface area contributed by atoms with Crippen molar-refractivity contribution in [3.05, 3.63) is 29.8 Å². The van der Waals surface area contributed by atoms with E-state index in [9.17, 15) is 4.79 Å². The molecule has 0 bridgehead atoms. The molecule has 0 spiro atoms. The summed E-state index contributed by atoms with van der Waals surface area (Å²) in [6.07, 6.45) is 6.80. The van der Waals surface area contributed by atoms with Gasteiger partial charge < -0.3 is 10.6 Å². The van der Waals surface area contributed by atoms with Crippen molar-refractivity contribution in [3.8, 4) is 0 Å². The van der Waals surface area contributed by atoms with Crippen LogP contribution in [-0.2, 0) is 4.79 Å². The second kappa shape index (κ2) is 6.08. The maximum absolute atomic E-state index is 12.4. The molecule has 1 unspecified atom stereocenters. The third kappa shape index (κ3) is 3.07. The van der Waals surface area contributed by atoms with Gasteiger partial charge in [-0.05, 0) is 30.9 Å². The van der Waals surface area contributed by atoms with E-state index in [1.54, 1.807) is 0 Å². The summed E-state index contributed by atoms with van der Waals surface area (Å²) >= 11 is 0. The van der Waals surface area contributed by atoms with E-state index >= 15 is 0 Å². The van der Waals surface area contributed by atoms with Crippen molar-refractivity contribution in [2.45, 2.75) is 51.4 Å². The first-order valence-corrected chi connectivity index (χ1v) is 8.30. The first-order chi connectivity index (χ1) is 10.2. The Hall–Kier alpha value is -1.51. The molecule has 0 radical (unpaired) electrons. The van der Waals surface area contributed by atoms with Crippen LogP contribution in [-0.4, -0.2) is 19.0 Å². The molecule has 1 aromatic rings. The van der Waals surface area contributed by atoms with E-state index in [1.807, 2.05) is 0 Å². The van der Waals surface area contributed by atoms with Gasteiger partial charge in [-0.25, -0.2) is 0 Å². The number of hydrogen-bond acceptors (Lipinski definition) is 2. The summed E-state index contributed by atoms with van der Waals surface area (Å²) < 4.78 is 0. The standard InChI is InChI=1S/C18H26N2O/c1-18(10-5-2-6-11-18)17(21)19-12-9-14-13-20-16-8-4-3-7-15(14)16/h3-4,7-8,14,20H,2,5-6,9-13H2,1H3,(H,19,21). The maximum Gasteiger partial charge on any atom is 0.225 e. The molecular weight excluding hydrogens is 260 g/mol. The van der Waals surface area contributed by atoms with Gasteiger partial charge in [0.25, 0.3) is 0 Å². The molecule has 2 N–H and O–H groups in total. The molecule has 114 valence electrons. The van der Waals surface area contributed by atoms with Crippen molar-refractivity contribution in [3.63, 3.8) is 0 Å². The predicted molar refractivity (Wildman–Crippen MR) is 86.5 cm³/mol. The summed E-state index contributed by atoms with van der Waals surface area (Å²) in [6, 6.07) is 8.50. The van der Waals surface area contributed by atoms with Gasteiger partial charge in [-0.2, -0.15) is 0 Å². The highest BCUT2D eigenvalue weighted by Crippen LogP contribution is 2.36. The summed E-state index contributed by atoms with van der Waals surface area (Å²) in [5, 5.41) is 6.63. The van der Waals surface area contributed by atoms with Gasteiger partial charge in [0, 0.05) is 30.1 Å². The van der Waals surface area contributed by atoms with Crippen LogP contribution in [0.4, 0.5) is 5.69 Å². The minimum atomic E-state index is -0.121. The van der Waals surface area contributed by atoms with E-state index in [-0.39, 0.29) is 11.3 Å². The van der Waals surface area contributed by atoms with Gasteiger partial charge in [0.05, 0.1) is 0 Å². The smallest absolute Gasteiger partial charge is 0.225 e. The Morgan fingerprint density at radius 1 is 1.29 bits per heavy atom. The van der Waals surface area contributed by atoms with Gasteiger partial charge >= 0.3 is 0 Å². The zero-order chi connectivity index (χ0) is 14.7. The molecule has 2 aliphatic rings. The molecule has 1 amide bonds. The maximum atomic E-state index is 12.4. The largest absolute Gasteiger partial charge is 0.384 e. The molecule has 1 aliphatic heterocycles. The quantitative estimate of drug-likeness (QED) is 0.886. The lowest BCUT2D eigenvalue weighted by molar-refractivity contribution is -0.131. The predicted octanol–water partition coefficient (Wildman–Crippen LogP) is 3.67. The summed E-state index contributed by atoms with van der Waals surface area (Å²) in [5.74, 6) is 0.794. The highest BCUT2D eigenvalue weighted by atomic mass is 16.2. The Bertz CT molecular complexity index is 506. The molecule has 1 atom stereocenters. The lowest BCUT2D eigenvalue weighted by atomic mass is 9.75. The first-order valence-electron chi connectivity index (χ1n) is 8.30. The minimum absolute atomic E-state index is 0.121. The van der Waals surface area contributed by atoms with Crippen LogP contribution < -0.4 is 10.6 Å². The van der Waals surface area contributed by atoms with Crippen LogP contribution in [0.25, 0.3) is 0 Å². The number of hydrogen-bond donors (Lipinski definition) is 2. The number of amides is 1. The van der Waals surface area contributed by atoms with Crippen LogP contribution in [0.1, 0.15) is 56.9 Å². The van der Waals surface area contributed by atoms with Gasteiger partial charge in [-0.15, -0.1) is 0 Å². The third-order valence-corrected chi connectivity index (χ3v) is 5.22. The lowest BCUT2D eigenvalue weighted by Crippen LogP contribution is -2.40. The van der Waals surface area contributed by atoms with Crippen molar-refractivity contribution < 1.29 is 4.79 Å². The van der Waals surface area contributed by atoms with Crippen molar-refractivity contribution >= 4 is 11.6 Å². The number of rotatable bonds is 4. The van der Waals surface area contributed by atoms with Crippen molar-refractivity contribution in [2.75, 3.05) is 18.4 Å². The summed E-state index contributed by atoms with van der Waals surface area (Å²) in [6.45, 7) is 3.91. The molecule has 1 fully saturated rings. The lowest BCUT2D eigenvalue weighted by Gasteiger charge is -2.32. The molecule has 3 rings (SSSR count). The molecule has 0 saturated heterocycles. The number of para-hydroxylation sites is 1. The Balaban J connectivity index is 1.49. The fourth-order valence-electron chi connectivity index (χ4n) is 3.75. The highest BCUT2D eigenvalue weighted by Gasteiger charge is 2.34. The number of carbonyl (C=O) groups is 1. The topological polar surface area (TPSA) is 41.1 Å². The highest BCUT2D eigenvalue weighted by molar-refractivity contribution is 5.82. The average molecular weight is 286 g/mol. The molecule has 1 heterocycles. The van der Waals surface area contributed by atoms with E-state index in [2.05, 4.69) is 41.8 Å². The fraction of sp³-hybridized carbons (Fsp3) is 0.611. The van der Waals surface area contributed by atoms with Gasteiger partial charge in [-0.3, -0.25) is 4.79 Å². The Morgan fingerprint density at radius 2 is 2.05 bits per heavy atom. The van der Waals surface area contributed by atoms with Crippen LogP contribution in [0.15, 0.2) is 24.3 Å². The number of benzene rings is 1. The van der Waals surface area contributed by atoms with Gasteiger partial charge in [0.2, 0.25) is 5.91 Å². The minimum Gasteiger partial charge on any atom is -0.384 e. The molecule has 1 saturated carbocycles. The van der Waals surface area contributed by atoms with E-state index in [4.69, 9.17) is 0 Å². The van der Waals surface area contributed by atoms with Crippen molar-refractivity contribution in [2.24, 2.45) is 5.41 Å². The van der Waals surface area contributed by atoms with E-state index in [0.717, 1.165) is 32.4 Å². The molecule has 1 aliphatic carbocycles. The first kappa shape index (κ1) is 14.4. The molecule has 21 heavy (non-hydrogen) atoms. The van der Waals surface area contributed by atoms with Crippen molar-refractivity contribution in [1.82, 2.24) is 5.32 Å². The van der Waals surface area contributed by atoms with E-state index in [0.29, 0.717) is 5.92 Å². The van der Waals surface area contributed by atoms with Crippen LogP contribution in [0.5, 0.6) is 0 Å². The van der Waals surface area contributed by atoms with Crippen LogP contribution in [0.2, 0.25) is 0 Å². The zero-order valence-electron chi connectivity index (χ0n) is 13.0. The Kier molecular flexibility index (Phi) is 4.18. The monoisotopic (exact) mass is 286 g/mol. The van der Waals surface area contributed by atoms with Crippen LogP contribution >= 0.6 is 0 Å². The molecule has 3 nitrogen and oxygen atoms in total. The summed E-state index contributed by atoms with van der Waals surface area (Å²) in [4.78, 5) is 12.4. The third-order valence-electron chi connectivity index (χ3n) is 5.22. The molecular formula is C18H26N2O. The van der Waals surface area contributed by atoms with Crippen LogP contribution in [0.3, 0.4) is 0 Å². The molecule has 3 heteroatoms.